The van der Waals surface area contributed by atoms with Crippen LogP contribution in [0.15, 0.2) is 0 Å². The predicted octanol–water partition coefficient (Wildman–Crippen LogP) is 3.21. The third kappa shape index (κ3) is 1.68. The molecule has 1 aliphatic carbocycles. The fourth-order valence-electron chi connectivity index (χ4n) is 1.36. The van der Waals surface area contributed by atoms with Gasteiger partial charge < -0.3 is 0 Å². The lowest BCUT2D eigenvalue weighted by Crippen LogP contribution is -2.32. The molecule has 0 aliphatic heterocycles. The highest BCUT2D eigenvalue weighted by Gasteiger charge is 2.40. The van der Waals surface area contributed by atoms with E-state index in [2.05, 4.69) is 15.9 Å². The van der Waals surface area contributed by atoms with Crippen LogP contribution in [0.4, 0.5) is 8.78 Å². The zero-order valence-electron chi connectivity index (χ0n) is 5.75. The summed E-state index contributed by atoms with van der Waals surface area (Å²) in [4.78, 5) is 0. The van der Waals surface area contributed by atoms with E-state index in [-0.39, 0.29) is 6.42 Å². The van der Waals surface area contributed by atoms with Gasteiger partial charge in [0.15, 0.2) is 0 Å². The van der Waals surface area contributed by atoms with Crippen molar-refractivity contribution in [3.63, 3.8) is 0 Å². The summed E-state index contributed by atoms with van der Waals surface area (Å²) in [5, 5.41) is 0.444. The topological polar surface area (TPSA) is 0 Å². The molecule has 0 radical (unpaired) electrons. The minimum atomic E-state index is -2.40. The van der Waals surface area contributed by atoms with Crippen LogP contribution < -0.4 is 0 Å². The van der Waals surface area contributed by atoms with E-state index >= 15 is 0 Å². The van der Waals surface area contributed by atoms with Gasteiger partial charge in [0.2, 0.25) is 0 Å². The zero-order valence-corrected chi connectivity index (χ0v) is 7.33. The molecule has 0 aromatic rings. The first-order valence-corrected chi connectivity index (χ1v) is 4.73. The lowest BCUT2D eigenvalue weighted by Gasteiger charge is -2.29. The van der Waals surface area contributed by atoms with E-state index in [0.717, 1.165) is 6.42 Å². The number of rotatable bonds is 1. The highest BCUT2D eigenvalue weighted by molar-refractivity contribution is 9.09. The van der Waals surface area contributed by atoms with Crippen LogP contribution in [0.5, 0.6) is 0 Å². The van der Waals surface area contributed by atoms with Crippen molar-refractivity contribution in [2.75, 3.05) is 5.33 Å². The summed E-state index contributed by atoms with van der Waals surface area (Å²) in [6.45, 7) is 0. The molecule has 1 saturated carbocycles. The van der Waals surface area contributed by atoms with Crippen LogP contribution >= 0.6 is 15.9 Å². The van der Waals surface area contributed by atoms with Crippen molar-refractivity contribution in [3.8, 4) is 0 Å². The molecule has 0 heterocycles. The van der Waals surface area contributed by atoms with Gasteiger partial charge in [-0.2, -0.15) is 0 Å². The van der Waals surface area contributed by atoms with Crippen LogP contribution in [0.25, 0.3) is 0 Å². The molecule has 3 heteroatoms. The second-order valence-electron chi connectivity index (χ2n) is 2.86. The second-order valence-corrected chi connectivity index (χ2v) is 3.51. The smallest absolute Gasteiger partial charge is 0.207 e. The van der Waals surface area contributed by atoms with E-state index in [4.69, 9.17) is 0 Å². The van der Waals surface area contributed by atoms with E-state index in [0.29, 0.717) is 18.2 Å². The molecule has 10 heavy (non-hydrogen) atoms. The van der Waals surface area contributed by atoms with Crippen molar-refractivity contribution >= 4 is 15.9 Å². The fourth-order valence-corrected chi connectivity index (χ4v) is 2.15. The molecule has 0 nitrogen and oxygen atoms in total. The van der Waals surface area contributed by atoms with Crippen LogP contribution in [0.2, 0.25) is 0 Å². The molecule has 0 N–H and O–H groups in total. The van der Waals surface area contributed by atoms with Gasteiger partial charge in [-0.1, -0.05) is 22.4 Å². The summed E-state index contributed by atoms with van der Waals surface area (Å²) in [6.07, 6.45) is 2.42. The van der Waals surface area contributed by atoms with Gasteiger partial charge >= 0.3 is 0 Å². The number of halogens is 3. The Labute approximate surface area is 68.1 Å². The molecular weight excluding hydrogens is 202 g/mol. The first-order chi connectivity index (χ1) is 4.67. The van der Waals surface area contributed by atoms with Crippen LogP contribution in [0, 0.1) is 5.92 Å². The predicted molar refractivity (Wildman–Crippen MR) is 40.7 cm³/mol. The minimum absolute atomic E-state index is 0.0866. The summed E-state index contributed by atoms with van der Waals surface area (Å²) in [6, 6.07) is 0. The Morgan fingerprint density at radius 3 is 2.50 bits per heavy atom. The maximum absolute atomic E-state index is 12.8. The van der Waals surface area contributed by atoms with Crippen molar-refractivity contribution in [2.45, 2.75) is 31.6 Å². The molecule has 1 fully saturated rings. The third-order valence-corrected chi connectivity index (χ3v) is 2.88. The second kappa shape index (κ2) is 3.16. The Morgan fingerprint density at radius 1 is 1.40 bits per heavy atom. The normalized spacial score (nSPS) is 32.1. The van der Waals surface area contributed by atoms with Gasteiger partial charge in [0.05, 0.1) is 0 Å². The zero-order chi connectivity index (χ0) is 7.61. The lowest BCUT2D eigenvalue weighted by molar-refractivity contribution is -0.0760. The Hall–Kier alpha value is 0.340. The maximum Gasteiger partial charge on any atom is 0.251 e. The standard InChI is InChI=1S/C7H11BrF2/c8-5-6-3-1-2-4-7(6,9)10/h6H,1-5H2. The van der Waals surface area contributed by atoms with Crippen molar-refractivity contribution in [1.82, 2.24) is 0 Å². The van der Waals surface area contributed by atoms with Gasteiger partial charge in [-0.05, 0) is 12.8 Å². The van der Waals surface area contributed by atoms with Crippen molar-refractivity contribution < 1.29 is 8.78 Å². The summed E-state index contributed by atoms with van der Waals surface area (Å²) in [5.74, 6) is -2.82. The third-order valence-electron chi connectivity index (χ3n) is 2.10. The molecule has 0 amide bonds. The molecular formula is C7H11BrF2. The Balaban J connectivity index is 2.51. The molecule has 1 aliphatic rings. The van der Waals surface area contributed by atoms with E-state index in [9.17, 15) is 8.78 Å². The maximum atomic E-state index is 12.8. The van der Waals surface area contributed by atoms with Crippen molar-refractivity contribution in [1.29, 1.82) is 0 Å². The Morgan fingerprint density at radius 2 is 2.10 bits per heavy atom. The van der Waals surface area contributed by atoms with E-state index in [1.54, 1.807) is 0 Å². The van der Waals surface area contributed by atoms with Crippen LogP contribution in [0.1, 0.15) is 25.7 Å². The molecule has 0 bridgehead atoms. The molecule has 0 aromatic heterocycles. The number of alkyl halides is 3. The first-order valence-electron chi connectivity index (χ1n) is 3.60. The molecule has 1 atom stereocenters. The average molecular weight is 213 g/mol. The van der Waals surface area contributed by atoms with Gasteiger partial charge in [0.1, 0.15) is 0 Å². The molecule has 0 saturated heterocycles. The highest BCUT2D eigenvalue weighted by Crippen LogP contribution is 2.38. The summed E-state index contributed by atoms with van der Waals surface area (Å²) >= 11 is 3.11. The molecule has 0 spiro atoms. The molecule has 0 aromatic carbocycles. The number of hydrogen-bond donors (Lipinski definition) is 0. The summed E-state index contributed by atoms with van der Waals surface area (Å²) in [7, 11) is 0. The monoisotopic (exact) mass is 212 g/mol. The molecule has 1 rings (SSSR count). The SMILES string of the molecule is FC1(F)CCCCC1CBr. The van der Waals surface area contributed by atoms with E-state index in [1.165, 1.54) is 0 Å². The van der Waals surface area contributed by atoms with E-state index in [1.807, 2.05) is 0 Å². The van der Waals surface area contributed by atoms with Gasteiger partial charge in [0.25, 0.3) is 5.92 Å². The fraction of sp³-hybridized carbons (Fsp3) is 1.00. The van der Waals surface area contributed by atoms with Gasteiger partial charge in [-0.15, -0.1) is 0 Å². The van der Waals surface area contributed by atoms with Crippen LogP contribution in [-0.4, -0.2) is 11.3 Å². The summed E-state index contributed by atoms with van der Waals surface area (Å²) in [5.41, 5.74) is 0. The lowest BCUT2D eigenvalue weighted by atomic mass is 9.87. The molecule has 1 unspecified atom stereocenters. The van der Waals surface area contributed by atoms with Crippen molar-refractivity contribution in [3.05, 3.63) is 0 Å². The van der Waals surface area contributed by atoms with E-state index < -0.39 is 11.8 Å². The van der Waals surface area contributed by atoms with Crippen molar-refractivity contribution in [2.24, 2.45) is 5.92 Å². The highest BCUT2D eigenvalue weighted by atomic mass is 79.9. The Bertz CT molecular complexity index is 114. The van der Waals surface area contributed by atoms with Gasteiger partial charge in [0, 0.05) is 17.7 Å². The van der Waals surface area contributed by atoms with Gasteiger partial charge in [-0.3, -0.25) is 0 Å². The first kappa shape index (κ1) is 8.44. The molecule has 60 valence electrons. The van der Waals surface area contributed by atoms with Crippen LogP contribution in [-0.2, 0) is 0 Å². The quantitative estimate of drug-likeness (QED) is 0.586. The van der Waals surface area contributed by atoms with Crippen LogP contribution in [0.3, 0.4) is 0 Å². The Kier molecular flexibility index (Phi) is 2.67. The van der Waals surface area contributed by atoms with Gasteiger partial charge in [-0.25, -0.2) is 8.78 Å². The number of hydrogen-bond acceptors (Lipinski definition) is 0. The average Bonchev–Trinajstić information content (AvgIpc) is 1.87. The summed E-state index contributed by atoms with van der Waals surface area (Å²) < 4.78 is 25.7. The largest absolute Gasteiger partial charge is 0.251 e. The minimum Gasteiger partial charge on any atom is -0.207 e.